The minimum Gasteiger partial charge on any atom is -0.369 e. The van der Waals surface area contributed by atoms with Gasteiger partial charge in [-0.05, 0) is 37.8 Å². The minimum absolute atomic E-state index is 0.365. The summed E-state index contributed by atoms with van der Waals surface area (Å²) >= 11 is 0. The summed E-state index contributed by atoms with van der Waals surface area (Å²) in [7, 11) is 0. The zero-order chi connectivity index (χ0) is 19.1. The number of aromatic nitrogens is 1. The summed E-state index contributed by atoms with van der Waals surface area (Å²) in [5.41, 5.74) is 2.26. The number of aliphatic imine (C=N–C) groups is 1. The molecule has 0 aliphatic carbocycles. The molecular formula is C21H31N5O. The predicted octanol–water partition coefficient (Wildman–Crippen LogP) is 3.52. The third-order valence-corrected chi connectivity index (χ3v) is 4.79. The number of piperidine rings is 1. The number of nitrogens with zero attached hydrogens (tertiary/aromatic N) is 3. The minimum atomic E-state index is 0.365. The van der Waals surface area contributed by atoms with Crippen LogP contribution in [0.15, 0.2) is 45.9 Å². The Bertz CT molecular complexity index is 725. The second-order valence-electron chi connectivity index (χ2n) is 7.33. The Morgan fingerprint density at radius 1 is 1.33 bits per heavy atom. The monoisotopic (exact) mass is 369 g/mol. The van der Waals surface area contributed by atoms with E-state index in [1.807, 2.05) is 6.07 Å². The lowest BCUT2D eigenvalue weighted by Gasteiger charge is -2.35. The lowest BCUT2D eigenvalue weighted by atomic mass is 10.1. The number of nitrogens with one attached hydrogen (secondary N) is 2. The van der Waals surface area contributed by atoms with E-state index >= 15 is 0 Å². The molecule has 0 spiro atoms. The van der Waals surface area contributed by atoms with Gasteiger partial charge in [-0.3, -0.25) is 0 Å². The molecule has 2 heterocycles. The third-order valence-electron chi connectivity index (χ3n) is 4.79. The fourth-order valence-corrected chi connectivity index (χ4v) is 3.31. The molecule has 1 unspecified atom stereocenters. The highest BCUT2D eigenvalue weighted by atomic mass is 16.5. The first kappa shape index (κ1) is 19.3. The van der Waals surface area contributed by atoms with Gasteiger partial charge in [-0.15, -0.1) is 0 Å². The summed E-state index contributed by atoms with van der Waals surface area (Å²) in [6.45, 7) is 9.70. The highest BCUT2D eigenvalue weighted by Gasteiger charge is 2.21. The van der Waals surface area contributed by atoms with Gasteiger partial charge in [0.15, 0.2) is 11.7 Å². The van der Waals surface area contributed by atoms with Crippen molar-refractivity contribution in [2.75, 3.05) is 24.5 Å². The van der Waals surface area contributed by atoms with Crippen molar-refractivity contribution < 1.29 is 4.52 Å². The van der Waals surface area contributed by atoms with Crippen molar-refractivity contribution in [1.29, 1.82) is 0 Å². The molecule has 27 heavy (non-hydrogen) atoms. The molecule has 0 amide bonds. The van der Waals surface area contributed by atoms with Crippen molar-refractivity contribution >= 4 is 11.6 Å². The molecule has 1 aromatic carbocycles. The Balaban J connectivity index is 1.60. The summed E-state index contributed by atoms with van der Waals surface area (Å²) < 4.78 is 5.40. The first-order valence-electron chi connectivity index (χ1n) is 9.96. The highest BCUT2D eigenvalue weighted by Crippen LogP contribution is 2.19. The van der Waals surface area contributed by atoms with Crippen LogP contribution in [0.2, 0.25) is 0 Å². The molecule has 6 nitrogen and oxygen atoms in total. The van der Waals surface area contributed by atoms with Gasteiger partial charge in [0.05, 0.1) is 5.69 Å². The van der Waals surface area contributed by atoms with Crippen LogP contribution in [-0.4, -0.2) is 36.8 Å². The van der Waals surface area contributed by atoms with Crippen molar-refractivity contribution in [3.05, 3.63) is 47.9 Å². The average molecular weight is 370 g/mol. The number of hydrogen-bond donors (Lipinski definition) is 2. The molecule has 146 valence electrons. The largest absolute Gasteiger partial charge is 0.369 e. The number of rotatable bonds is 6. The standard InChI is InChI=1S/C21H31N5O/c1-4-22-21(23-14-19-13-20(16(2)3)25-27-19)24-17-9-8-12-26(15-17)18-10-6-5-7-11-18/h5-7,10-11,13,16-17H,4,8-9,12,14-15H2,1-3H3,(H2,22,23,24). The molecule has 2 N–H and O–H groups in total. The van der Waals surface area contributed by atoms with Crippen LogP contribution in [0, 0.1) is 0 Å². The summed E-state index contributed by atoms with van der Waals surface area (Å²) in [5.74, 6) is 1.99. The first-order chi connectivity index (χ1) is 13.2. The van der Waals surface area contributed by atoms with Crippen LogP contribution in [0.3, 0.4) is 0 Å². The normalized spacial score (nSPS) is 18.0. The van der Waals surface area contributed by atoms with Gasteiger partial charge < -0.3 is 20.1 Å². The average Bonchev–Trinajstić information content (AvgIpc) is 3.17. The third kappa shape index (κ3) is 5.49. The SMILES string of the molecule is CCNC(=NCc1cc(C(C)C)no1)NC1CCCN(c2ccccc2)C1. The van der Waals surface area contributed by atoms with E-state index in [2.05, 4.69) is 71.8 Å². The van der Waals surface area contributed by atoms with Crippen LogP contribution >= 0.6 is 0 Å². The molecule has 1 atom stereocenters. The maximum atomic E-state index is 5.40. The second kappa shape index (κ2) is 9.44. The zero-order valence-electron chi connectivity index (χ0n) is 16.6. The molecule has 1 aliphatic rings. The summed E-state index contributed by atoms with van der Waals surface area (Å²) in [6.07, 6.45) is 2.32. The zero-order valence-corrected chi connectivity index (χ0v) is 16.6. The number of hydrogen-bond acceptors (Lipinski definition) is 4. The first-order valence-corrected chi connectivity index (χ1v) is 9.96. The Kier molecular flexibility index (Phi) is 6.74. The lowest BCUT2D eigenvalue weighted by Crippen LogP contribution is -2.51. The van der Waals surface area contributed by atoms with Crippen molar-refractivity contribution in [1.82, 2.24) is 15.8 Å². The van der Waals surface area contributed by atoms with E-state index in [1.54, 1.807) is 0 Å². The van der Waals surface area contributed by atoms with Crippen LogP contribution in [0.25, 0.3) is 0 Å². The summed E-state index contributed by atoms with van der Waals surface area (Å²) in [6, 6.07) is 13.0. The van der Waals surface area contributed by atoms with Crippen molar-refractivity contribution in [2.45, 2.75) is 52.1 Å². The van der Waals surface area contributed by atoms with Gasteiger partial charge in [0, 0.05) is 37.4 Å². The molecule has 3 rings (SSSR count). The van der Waals surface area contributed by atoms with Gasteiger partial charge in [0.2, 0.25) is 0 Å². The van der Waals surface area contributed by atoms with Crippen LogP contribution in [-0.2, 0) is 6.54 Å². The molecule has 6 heteroatoms. The van der Waals surface area contributed by atoms with Gasteiger partial charge in [0.25, 0.3) is 0 Å². The Morgan fingerprint density at radius 3 is 2.85 bits per heavy atom. The van der Waals surface area contributed by atoms with Gasteiger partial charge in [0.1, 0.15) is 6.54 Å². The lowest BCUT2D eigenvalue weighted by molar-refractivity contribution is 0.376. The Hall–Kier alpha value is -2.50. The topological polar surface area (TPSA) is 65.7 Å². The number of para-hydroxylation sites is 1. The number of anilines is 1. The molecule has 0 saturated carbocycles. The van der Waals surface area contributed by atoms with Gasteiger partial charge in [-0.1, -0.05) is 37.2 Å². The van der Waals surface area contributed by atoms with Crippen molar-refractivity contribution in [3.8, 4) is 0 Å². The van der Waals surface area contributed by atoms with Crippen molar-refractivity contribution in [3.63, 3.8) is 0 Å². The maximum Gasteiger partial charge on any atom is 0.191 e. The Labute approximate surface area is 162 Å². The number of benzene rings is 1. The van der Waals surface area contributed by atoms with Crippen LogP contribution < -0.4 is 15.5 Å². The van der Waals surface area contributed by atoms with E-state index in [1.165, 1.54) is 12.1 Å². The molecular weight excluding hydrogens is 338 g/mol. The van der Waals surface area contributed by atoms with E-state index in [0.29, 0.717) is 18.5 Å². The molecule has 1 aromatic heterocycles. The van der Waals surface area contributed by atoms with E-state index in [-0.39, 0.29) is 0 Å². The predicted molar refractivity (Wildman–Crippen MR) is 110 cm³/mol. The highest BCUT2D eigenvalue weighted by molar-refractivity contribution is 5.80. The van der Waals surface area contributed by atoms with Crippen LogP contribution in [0.4, 0.5) is 5.69 Å². The van der Waals surface area contributed by atoms with E-state index in [9.17, 15) is 0 Å². The summed E-state index contributed by atoms with van der Waals surface area (Å²) in [5, 5.41) is 11.0. The Morgan fingerprint density at radius 2 is 2.15 bits per heavy atom. The molecule has 1 aliphatic heterocycles. The van der Waals surface area contributed by atoms with E-state index < -0.39 is 0 Å². The van der Waals surface area contributed by atoms with E-state index in [4.69, 9.17) is 9.52 Å². The van der Waals surface area contributed by atoms with Crippen LogP contribution in [0.5, 0.6) is 0 Å². The molecule has 1 fully saturated rings. The summed E-state index contributed by atoms with van der Waals surface area (Å²) in [4.78, 5) is 7.13. The van der Waals surface area contributed by atoms with Crippen molar-refractivity contribution in [2.24, 2.45) is 4.99 Å². The number of guanidine groups is 1. The molecule has 1 saturated heterocycles. The van der Waals surface area contributed by atoms with Crippen LogP contribution in [0.1, 0.15) is 51.0 Å². The maximum absolute atomic E-state index is 5.40. The molecule has 0 bridgehead atoms. The van der Waals surface area contributed by atoms with Gasteiger partial charge >= 0.3 is 0 Å². The molecule has 0 radical (unpaired) electrons. The fraction of sp³-hybridized carbons (Fsp3) is 0.524. The second-order valence-corrected chi connectivity index (χ2v) is 7.33. The smallest absolute Gasteiger partial charge is 0.191 e. The fourth-order valence-electron chi connectivity index (χ4n) is 3.31. The van der Waals surface area contributed by atoms with Gasteiger partial charge in [-0.25, -0.2) is 4.99 Å². The quantitative estimate of drug-likeness (QED) is 0.602. The van der Waals surface area contributed by atoms with E-state index in [0.717, 1.165) is 43.5 Å². The van der Waals surface area contributed by atoms with Gasteiger partial charge in [-0.2, -0.15) is 0 Å². The molecule has 2 aromatic rings.